The van der Waals surface area contributed by atoms with Crippen LogP contribution >= 0.6 is 24.2 Å². The number of aromatic nitrogens is 2. The maximum atomic E-state index is 12.8. The highest BCUT2D eigenvalue weighted by Crippen LogP contribution is 2.21. The van der Waals surface area contributed by atoms with Crippen LogP contribution in [0.15, 0.2) is 46.1 Å². The molecule has 0 atom stereocenters. The van der Waals surface area contributed by atoms with Gasteiger partial charge >= 0.3 is 0 Å². The Balaban J connectivity index is 2.39. The van der Waals surface area contributed by atoms with Crippen molar-refractivity contribution in [3.63, 3.8) is 0 Å². The molecule has 21 heavy (non-hydrogen) atoms. The molecule has 106 valence electrons. The normalized spacial score (nSPS) is 11.0. The molecule has 0 saturated heterocycles. The minimum absolute atomic E-state index is 0.116. The van der Waals surface area contributed by atoms with Crippen molar-refractivity contribution < 1.29 is 0 Å². The van der Waals surface area contributed by atoms with Gasteiger partial charge in [-0.2, -0.15) is 0 Å². The van der Waals surface area contributed by atoms with Gasteiger partial charge in [0.1, 0.15) is 5.82 Å². The minimum Gasteiger partial charge on any atom is -0.268 e. The molecular formula is C16H13ClN2OS. The number of hydrogen-bond acceptors (Lipinski definition) is 3. The summed E-state index contributed by atoms with van der Waals surface area (Å²) in [5.74, 6) is 0.643. The molecule has 0 unspecified atom stereocenters. The summed E-state index contributed by atoms with van der Waals surface area (Å²) in [4.78, 5) is 18.2. The number of thiol groups is 1. The summed E-state index contributed by atoms with van der Waals surface area (Å²) in [6, 6.07) is 10.9. The van der Waals surface area contributed by atoms with Gasteiger partial charge in [0.2, 0.25) is 0 Å². The fraction of sp³-hybridized carbons (Fsp3) is 0.125. The van der Waals surface area contributed by atoms with E-state index in [0.29, 0.717) is 21.7 Å². The molecule has 1 heterocycles. The second-order valence-electron chi connectivity index (χ2n) is 4.93. The molecule has 0 N–H and O–H groups in total. The van der Waals surface area contributed by atoms with E-state index in [0.717, 1.165) is 16.1 Å². The monoisotopic (exact) mass is 316 g/mol. The Hall–Kier alpha value is -1.78. The van der Waals surface area contributed by atoms with E-state index in [1.807, 2.05) is 44.2 Å². The molecule has 0 amide bonds. The van der Waals surface area contributed by atoms with Crippen LogP contribution in [0.3, 0.4) is 0 Å². The lowest BCUT2D eigenvalue weighted by Gasteiger charge is -2.12. The number of hydrogen-bond donors (Lipinski definition) is 1. The summed E-state index contributed by atoms with van der Waals surface area (Å²) in [6.45, 7) is 3.73. The van der Waals surface area contributed by atoms with Crippen molar-refractivity contribution in [2.45, 2.75) is 18.7 Å². The molecule has 0 bridgehead atoms. The molecule has 0 fully saturated rings. The molecule has 0 aliphatic heterocycles. The summed E-state index contributed by atoms with van der Waals surface area (Å²) in [5, 5.41) is 1.07. The van der Waals surface area contributed by atoms with E-state index >= 15 is 0 Å². The molecule has 3 nitrogen and oxygen atoms in total. The van der Waals surface area contributed by atoms with Crippen molar-refractivity contribution in [3.8, 4) is 5.69 Å². The first kappa shape index (κ1) is 14.2. The molecular weight excluding hydrogens is 304 g/mol. The van der Waals surface area contributed by atoms with Crippen LogP contribution in [-0.4, -0.2) is 9.55 Å². The van der Waals surface area contributed by atoms with Crippen molar-refractivity contribution in [1.29, 1.82) is 0 Å². The average molecular weight is 317 g/mol. The lowest BCUT2D eigenvalue weighted by molar-refractivity contribution is 0.892. The van der Waals surface area contributed by atoms with Gasteiger partial charge in [-0.25, -0.2) is 4.98 Å². The Labute approximate surface area is 132 Å². The zero-order valence-corrected chi connectivity index (χ0v) is 13.2. The van der Waals surface area contributed by atoms with Crippen LogP contribution < -0.4 is 5.56 Å². The predicted octanol–water partition coefficient (Wildman–Crippen LogP) is 3.94. The van der Waals surface area contributed by atoms with Crippen LogP contribution in [0.4, 0.5) is 0 Å². The molecule has 0 saturated carbocycles. The van der Waals surface area contributed by atoms with Gasteiger partial charge in [0, 0.05) is 9.92 Å². The minimum atomic E-state index is -0.116. The number of benzene rings is 2. The zero-order valence-electron chi connectivity index (χ0n) is 11.6. The molecule has 3 aromatic rings. The molecule has 0 aliphatic rings. The van der Waals surface area contributed by atoms with Gasteiger partial charge in [0.15, 0.2) is 0 Å². The summed E-state index contributed by atoms with van der Waals surface area (Å²) in [5.41, 5.74) is 2.25. The van der Waals surface area contributed by atoms with Gasteiger partial charge in [-0.3, -0.25) is 9.36 Å². The van der Waals surface area contributed by atoms with Gasteiger partial charge in [0.05, 0.1) is 16.6 Å². The lowest BCUT2D eigenvalue weighted by atomic mass is 10.1. The number of halogens is 1. The maximum absolute atomic E-state index is 12.8. The smallest absolute Gasteiger partial charge is 0.266 e. The lowest BCUT2D eigenvalue weighted by Crippen LogP contribution is -2.22. The first-order valence-electron chi connectivity index (χ1n) is 6.46. The number of aryl methyl sites for hydroxylation is 2. The highest BCUT2D eigenvalue weighted by Gasteiger charge is 2.12. The topological polar surface area (TPSA) is 34.9 Å². The number of fused-ring (bicyclic) bond motifs is 1. The highest BCUT2D eigenvalue weighted by molar-refractivity contribution is 7.80. The quantitative estimate of drug-likeness (QED) is 0.690. The fourth-order valence-corrected chi connectivity index (χ4v) is 2.85. The van der Waals surface area contributed by atoms with Crippen molar-refractivity contribution in [2.75, 3.05) is 0 Å². The highest BCUT2D eigenvalue weighted by atomic mass is 35.5. The Morgan fingerprint density at radius 2 is 1.81 bits per heavy atom. The maximum Gasteiger partial charge on any atom is 0.266 e. The van der Waals surface area contributed by atoms with Crippen LogP contribution in [0.1, 0.15) is 11.4 Å². The van der Waals surface area contributed by atoms with Crippen LogP contribution in [0.2, 0.25) is 5.02 Å². The molecule has 2 aromatic carbocycles. The third-order valence-electron chi connectivity index (χ3n) is 3.40. The Kier molecular flexibility index (Phi) is 3.51. The predicted molar refractivity (Wildman–Crippen MR) is 89.1 cm³/mol. The van der Waals surface area contributed by atoms with E-state index < -0.39 is 0 Å². The number of nitrogens with zero attached hydrogens (tertiary/aromatic N) is 2. The number of rotatable bonds is 1. The van der Waals surface area contributed by atoms with Gasteiger partial charge in [-0.05, 0) is 55.8 Å². The molecule has 5 heteroatoms. The Morgan fingerprint density at radius 1 is 1.14 bits per heavy atom. The summed E-state index contributed by atoms with van der Waals surface area (Å²) in [6.07, 6.45) is 0. The fourth-order valence-electron chi connectivity index (χ4n) is 2.43. The van der Waals surface area contributed by atoms with Crippen molar-refractivity contribution >= 4 is 35.1 Å². The van der Waals surface area contributed by atoms with Crippen LogP contribution in [0, 0.1) is 13.8 Å². The SMILES string of the molecule is Cc1cc(Cl)cc2c(=O)n(-c3ccc(S)cc3)c(C)nc12. The zero-order chi connectivity index (χ0) is 15.1. The summed E-state index contributed by atoms with van der Waals surface area (Å²) in [7, 11) is 0. The average Bonchev–Trinajstić information content (AvgIpc) is 2.42. The first-order valence-corrected chi connectivity index (χ1v) is 7.29. The van der Waals surface area contributed by atoms with Gasteiger partial charge in [-0.15, -0.1) is 12.6 Å². The van der Waals surface area contributed by atoms with Crippen molar-refractivity contribution in [2.24, 2.45) is 0 Å². The Bertz CT molecular complexity index is 901. The first-order chi connectivity index (χ1) is 9.97. The molecule has 0 aliphatic carbocycles. The van der Waals surface area contributed by atoms with Crippen molar-refractivity contribution in [1.82, 2.24) is 9.55 Å². The standard InChI is InChI=1S/C16H13ClN2OS/c1-9-7-11(17)8-14-15(9)18-10(2)19(16(14)20)12-3-5-13(21)6-4-12/h3-8,21H,1-2H3. The van der Waals surface area contributed by atoms with Crippen LogP contribution in [-0.2, 0) is 0 Å². The van der Waals surface area contributed by atoms with Gasteiger partial charge in [-0.1, -0.05) is 11.6 Å². The van der Waals surface area contributed by atoms with E-state index in [-0.39, 0.29) is 5.56 Å². The molecule has 0 spiro atoms. The molecule has 1 aromatic heterocycles. The Morgan fingerprint density at radius 3 is 2.48 bits per heavy atom. The summed E-state index contributed by atoms with van der Waals surface area (Å²) >= 11 is 10.3. The van der Waals surface area contributed by atoms with Crippen LogP contribution in [0.25, 0.3) is 16.6 Å². The van der Waals surface area contributed by atoms with E-state index in [1.54, 1.807) is 10.6 Å². The van der Waals surface area contributed by atoms with E-state index in [4.69, 9.17) is 11.6 Å². The third-order valence-corrected chi connectivity index (χ3v) is 3.92. The largest absolute Gasteiger partial charge is 0.268 e. The molecule has 3 rings (SSSR count). The van der Waals surface area contributed by atoms with Crippen LogP contribution in [0.5, 0.6) is 0 Å². The van der Waals surface area contributed by atoms with E-state index in [9.17, 15) is 4.79 Å². The second-order valence-corrected chi connectivity index (χ2v) is 5.89. The second kappa shape index (κ2) is 5.20. The van der Waals surface area contributed by atoms with E-state index in [1.165, 1.54) is 0 Å². The van der Waals surface area contributed by atoms with Gasteiger partial charge < -0.3 is 0 Å². The third kappa shape index (κ3) is 2.45. The van der Waals surface area contributed by atoms with E-state index in [2.05, 4.69) is 17.6 Å². The summed E-state index contributed by atoms with van der Waals surface area (Å²) < 4.78 is 1.59. The van der Waals surface area contributed by atoms with Crippen molar-refractivity contribution in [3.05, 3.63) is 63.2 Å². The van der Waals surface area contributed by atoms with Gasteiger partial charge in [0.25, 0.3) is 5.56 Å². The molecule has 0 radical (unpaired) electrons.